The van der Waals surface area contributed by atoms with Gasteiger partial charge < -0.3 is 0 Å². The zero-order valence-electron chi connectivity index (χ0n) is 19.1. The van der Waals surface area contributed by atoms with E-state index in [1.807, 2.05) is 0 Å². The Bertz CT molecular complexity index is 764. The van der Waals surface area contributed by atoms with Gasteiger partial charge in [0.25, 0.3) is 0 Å². The van der Waals surface area contributed by atoms with E-state index in [0.717, 1.165) is 24.9 Å². The third-order valence-corrected chi connectivity index (χ3v) is 7.65. The number of carboxylic acids is 1. The molecular formula is C12H27B12O5S-. The molecule has 0 aliphatic rings. The summed E-state index contributed by atoms with van der Waals surface area (Å²) in [6.07, 6.45) is 5.95. The molecule has 0 aromatic carbocycles. The van der Waals surface area contributed by atoms with Crippen LogP contribution in [-0.4, -0.2) is 106 Å². The van der Waals surface area contributed by atoms with Gasteiger partial charge in [0.05, 0.1) is 0 Å². The molecule has 0 aliphatic heterocycles. The van der Waals surface area contributed by atoms with E-state index >= 15 is 0 Å². The number of hydrogen-bond donors (Lipinski definition) is 2. The Hall–Kier alpha value is -0.651. The monoisotopic (exact) mass is 403 g/mol. The molecule has 1 aromatic heterocycles. The number of carbonyl (C=O) groups is 1. The van der Waals surface area contributed by atoms with E-state index in [0.29, 0.717) is 49.9 Å². The van der Waals surface area contributed by atoms with Gasteiger partial charge >= 0.3 is 191 Å². The number of aromatic hydroxyl groups is 1. The van der Waals surface area contributed by atoms with Crippen molar-refractivity contribution in [3.63, 3.8) is 0 Å². The second-order valence-electron chi connectivity index (χ2n) is 8.94. The van der Waals surface area contributed by atoms with Crippen LogP contribution in [0.3, 0.4) is 0 Å². The fraction of sp³-hybridized carbons (Fsp3) is 0.500. The molecule has 0 bridgehead atoms. The first-order valence-electron chi connectivity index (χ1n) is 10.9. The Morgan fingerprint density at radius 3 is 2.33 bits per heavy atom. The van der Waals surface area contributed by atoms with Crippen LogP contribution in [0.1, 0.15) is 31.4 Å². The second-order valence-corrected chi connectivity index (χ2v) is 11.0. The van der Waals surface area contributed by atoms with Gasteiger partial charge in [-0.3, -0.25) is 0 Å². The first-order valence-corrected chi connectivity index (χ1v) is 12.5. The molecule has 30 heavy (non-hydrogen) atoms. The van der Waals surface area contributed by atoms with Crippen LogP contribution in [-0.2, 0) is 10.5 Å². The topological polar surface area (TPSA) is 87.7 Å². The third kappa shape index (κ3) is 9.65. The molecule has 0 fully saturated rings. The van der Waals surface area contributed by atoms with Gasteiger partial charge in [-0.05, 0) is 0 Å². The molecule has 18 heteroatoms. The summed E-state index contributed by atoms with van der Waals surface area (Å²) in [5.74, 6) is 1.00. The van der Waals surface area contributed by atoms with Crippen molar-refractivity contribution < 1.29 is 19.4 Å². The molecule has 0 aliphatic carbocycles. The van der Waals surface area contributed by atoms with E-state index in [1.54, 1.807) is 0 Å². The molecular weight excluding hydrogens is 376 g/mol. The van der Waals surface area contributed by atoms with E-state index < -0.39 is 11.4 Å². The Morgan fingerprint density at radius 2 is 1.83 bits per heavy atom. The van der Waals surface area contributed by atoms with Crippen molar-refractivity contribution in [2.24, 2.45) is 0 Å². The van der Waals surface area contributed by atoms with Crippen LogP contribution < -0.4 is 5.43 Å². The van der Waals surface area contributed by atoms with Crippen LogP contribution in [0.5, 0.6) is 5.75 Å². The molecule has 0 saturated carbocycles. The maximum absolute atomic E-state index is 11.8. The predicted octanol–water partition coefficient (Wildman–Crippen LogP) is -5.29. The number of unbranched alkanes of at least 4 members (excludes halogenated alkanes) is 2. The first kappa shape index (κ1) is 27.4. The van der Waals surface area contributed by atoms with Crippen molar-refractivity contribution in [2.45, 2.75) is 31.4 Å². The van der Waals surface area contributed by atoms with Gasteiger partial charge in [-0.2, -0.15) is 0 Å². The molecule has 1 heterocycles. The van der Waals surface area contributed by atoms with Gasteiger partial charge in [-0.25, -0.2) is 0 Å². The molecule has 1 rings (SSSR count). The van der Waals surface area contributed by atoms with Gasteiger partial charge in [0.1, 0.15) is 0 Å². The van der Waals surface area contributed by atoms with Crippen molar-refractivity contribution in [3.8, 4) is 5.75 Å². The molecule has 2 N–H and O–H groups in total. The van der Waals surface area contributed by atoms with E-state index in [9.17, 15) is 14.7 Å². The van der Waals surface area contributed by atoms with Crippen LogP contribution in [0.25, 0.3) is 0 Å². The number of hydrogen-bond acceptors (Lipinski definition) is 4. The van der Waals surface area contributed by atoms with Crippen LogP contribution in [0.4, 0.5) is 0 Å². The molecule has 0 spiro atoms. The predicted molar refractivity (Wildman–Crippen MR) is 153 cm³/mol. The summed E-state index contributed by atoms with van der Waals surface area (Å²) in [6, 6.07) is 3.82. The van der Waals surface area contributed by atoms with E-state index in [1.165, 1.54) is 6.07 Å². The Balaban J connectivity index is 3.11. The number of aliphatic carboxylic acids is 1. The van der Waals surface area contributed by atoms with Crippen molar-refractivity contribution >= 4 is 101 Å². The van der Waals surface area contributed by atoms with Gasteiger partial charge in [0.2, 0.25) is 0 Å². The SMILES string of the molecule is [10BH-][10B]([10BH2])[10B]([10B]([10BH2])[10BH2])[10B]([10B]=S(CCCCCC(=O)O)Cc1cc(=O)c(O)co1)[10B]([10BH2])[10BH2]. The molecule has 1 unspecified atom stereocenters. The van der Waals surface area contributed by atoms with Gasteiger partial charge in [-0.15, -0.1) is 0 Å². The third-order valence-electron chi connectivity index (χ3n) is 5.48. The fourth-order valence-corrected chi connectivity index (χ4v) is 6.43. The van der Waals surface area contributed by atoms with Gasteiger partial charge in [-0.1, -0.05) is 0 Å². The molecule has 148 valence electrons. The van der Waals surface area contributed by atoms with Crippen molar-refractivity contribution in [3.05, 3.63) is 28.3 Å². The summed E-state index contributed by atoms with van der Waals surface area (Å²) in [7, 11) is 15.4. The van der Waals surface area contributed by atoms with Crippen molar-refractivity contribution in [1.29, 1.82) is 0 Å². The standard InChI is InChI=1S/C12H27B12O5S/c13-20(14)23(24(21(15)16)22(17)18)19-30(5-3-1-2-4-12(27)28)8-9-6-10(25)11(26)7-29-9/h6-7,15,26H,1-5,8,13-14,16-18H2,(H,27,28)/q-1/i13-1,14-1,15-1,16-1,17-1,18-1,19-1,20-1,21-1,22-1,23-1,24-1. The normalized spacial score (nSPS) is 11.4. The van der Waals surface area contributed by atoms with Gasteiger partial charge in [0.15, 0.2) is 0 Å². The van der Waals surface area contributed by atoms with Gasteiger partial charge in [0, 0.05) is 0 Å². The summed E-state index contributed by atoms with van der Waals surface area (Å²) < 4.78 is 5.47. The van der Waals surface area contributed by atoms with Crippen LogP contribution in [0.15, 0.2) is 21.5 Å². The average Bonchev–Trinajstić information content (AvgIpc) is 2.62. The average molecular weight is 404 g/mol. The summed E-state index contributed by atoms with van der Waals surface area (Å²) in [4.78, 5) is 22.6. The zero-order chi connectivity index (χ0) is 22.8. The van der Waals surface area contributed by atoms with Crippen LogP contribution >= 0.6 is 10.3 Å². The van der Waals surface area contributed by atoms with Crippen LogP contribution in [0, 0.1) is 0 Å². The molecule has 0 amide bonds. The van der Waals surface area contributed by atoms with Crippen molar-refractivity contribution in [2.75, 3.05) is 5.75 Å². The second kappa shape index (κ2) is 13.7. The molecule has 5 nitrogen and oxygen atoms in total. The Morgan fingerprint density at radius 1 is 1.17 bits per heavy atom. The Labute approximate surface area is 191 Å². The fourth-order valence-electron chi connectivity index (χ4n) is 4.03. The quantitative estimate of drug-likeness (QED) is 0.254. The number of carboxylic acid groups (broad SMARTS) is 1. The van der Waals surface area contributed by atoms with Crippen LogP contribution in [0.2, 0.25) is 0 Å². The first-order chi connectivity index (χ1) is 14.0. The minimum absolute atomic E-state index is 0.123. The summed E-state index contributed by atoms with van der Waals surface area (Å²) in [5.41, 5.74) is -0.423. The molecule has 2 radical (unpaired) electrons. The number of rotatable bonds is 13. The van der Waals surface area contributed by atoms with E-state index in [-0.39, 0.29) is 22.5 Å². The summed E-state index contributed by atoms with van der Waals surface area (Å²) >= 11 is 0. The minimum atomic E-state index is -0.754. The van der Waals surface area contributed by atoms with Crippen molar-refractivity contribution in [1.82, 2.24) is 0 Å². The Kier molecular flexibility index (Phi) is 12.5. The molecule has 0 saturated heterocycles. The van der Waals surface area contributed by atoms with E-state index in [2.05, 4.69) is 52.5 Å². The maximum atomic E-state index is 11.8. The zero-order valence-corrected chi connectivity index (χ0v) is 19.9. The summed E-state index contributed by atoms with van der Waals surface area (Å²) in [6.45, 7) is 0. The summed E-state index contributed by atoms with van der Waals surface area (Å²) in [5, 5.41) is 18.3. The molecule has 1 aromatic rings. The molecule has 1 atom stereocenters. The van der Waals surface area contributed by atoms with E-state index in [4.69, 9.17) is 9.52 Å².